The molecule has 2 aromatic carbocycles. The molecule has 2 rings (SSSR count). The van der Waals surface area contributed by atoms with Gasteiger partial charge < -0.3 is 10.0 Å². The van der Waals surface area contributed by atoms with Crippen LogP contribution in [0.15, 0.2) is 48.5 Å². The number of halogens is 1. The molecule has 0 heterocycles. The van der Waals surface area contributed by atoms with Gasteiger partial charge in [0.1, 0.15) is 0 Å². The second-order valence-electron chi connectivity index (χ2n) is 5.17. The van der Waals surface area contributed by atoms with Crippen LogP contribution >= 0.6 is 11.6 Å². The Morgan fingerprint density at radius 2 is 1.57 bits per heavy atom. The Bertz CT molecular complexity index is 680. The molecule has 0 saturated heterocycles. The Hall–Kier alpha value is -2.33. The molecule has 0 fully saturated rings. The van der Waals surface area contributed by atoms with E-state index in [1.165, 1.54) is 12.1 Å². The third kappa shape index (κ3) is 4.33. The molecule has 4 nitrogen and oxygen atoms in total. The number of carbonyl (C=O) groups is 2. The van der Waals surface area contributed by atoms with Gasteiger partial charge in [-0.05, 0) is 55.0 Å². The number of anilines is 1. The average Bonchev–Trinajstić information content (AvgIpc) is 2.56. The summed E-state index contributed by atoms with van der Waals surface area (Å²) in [6.07, 6.45) is 1.82. The number of amides is 1. The summed E-state index contributed by atoms with van der Waals surface area (Å²) in [4.78, 5) is 25.4. The first-order valence-corrected chi connectivity index (χ1v) is 7.81. The first-order valence-electron chi connectivity index (χ1n) is 7.43. The smallest absolute Gasteiger partial charge is 0.335 e. The summed E-state index contributed by atoms with van der Waals surface area (Å²) >= 11 is 5.86. The van der Waals surface area contributed by atoms with E-state index in [-0.39, 0.29) is 11.5 Å². The van der Waals surface area contributed by atoms with Crippen LogP contribution in [-0.2, 0) is 0 Å². The van der Waals surface area contributed by atoms with Crippen molar-refractivity contribution in [2.75, 3.05) is 11.4 Å². The Balaban J connectivity index is 2.30. The molecule has 0 radical (unpaired) electrons. The number of hydrogen-bond acceptors (Lipinski definition) is 2. The van der Waals surface area contributed by atoms with Gasteiger partial charge in [-0.2, -0.15) is 0 Å². The second-order valence-corrected chi connectivity index (χ2v) is 5.61. The van der Waals surface area contributed by atoms with Gasteiger partial charge in [-0.3, -0.25) is 4.79 Å². The summed E-state index contributed by atoms with van der Waals surface area (Å²) in [5, 5.41) is 9.55. The highest BCUT2D eigenvalue weighted by Gasteiger charge is 2.17. The van der Waals surface area contributed by atoms with Crippen molar-refractivity contribution in [1.29, 1.82) is 0 Å². The fraction of sp³-hybridized carbons (Fsp3) is 0.222. The summed E-state index contributed by atoms with van der Waals surface area (Å²) < 4.78 is 0. The summed E-state index contributed by atoms with van der Waals surface area (Å²) in [6, 6.07) is 13.1. The van der Waals surface area contributed by atoms with Crippen LogP contribution in [0.25, 0.3) is 0 Å². The molecular weight excluding hydrogens is 314 g/mol. The Labute approximate surface area is 140 Å². The van der Waals surface area contributed by atoms with Crippen molar-refractivity contribution in [1.82, 2.24) is 0 Å². The lowest BCUT2D eigenvalue weighted by molar-refractivity contribution is 0.0696. The van der Waals surface area contributed by atoms with E-state index in [0.717, 1.165) is 12.8 Å². The van der Waals surface area contributed by atoms with E-state index < -0.39 is 5.97 Å². The van der Waals surface area contributed by atoms with Crippen molar-refractivity contribution in [3.63, 3.8) is 0 Å². The van der Waals surface area contributed by atoms with Gasteiger partial charge >= 0.3 is 5.97 Å². The quantitative estimate of drug-likeness (QED) is 0.848. The zero-order valence-electron chi connectivity index (χ0n) is 12.8. The van der Waals surface area contributed by atoms with Crippen molar-refractivity contribution >= 4 is 29.2 Å². The number of carbonyl (C=O) groups excluding carboxylic acids is 1. The number of unbranched alkanes of at least 4 members (excludes halogenated alkanes) is 1. The highest BCUT2D eigenvalue weighted by molar-refractivity contribution is 6.30. The average molecular weight is 332 g/mol. The normalized spacial score (nSPS) is 10.3. The van der Waals surface area contributed by atoms with Crippen molar-refractivity contribution < 1.29 is 14.7 Å². The molecule has 0 atom stereocenters. The Morgan fingerprint density at radius 1 is 1.00 bits per heavy atom. The van der Waals surface area contributed by atoms with E-state index in [0.29, 0.717) is 22.8 Å². The van der Waals surface area contributed by atoms with Crippen LogP contribution in [0.4, 0.5) is 5.69 Å². The molecule has 0 aliphatic heterocycles. The van der Waals surface area contributed by atoms with Gasteiger partial charge in [0.15, 0.2) is 0 Å². The number of hydrogen-bond donors (Lipinski definition) is 1. The molecule has 0 bridgehead atoms. The van der Waals surface area contributed by atoms with Crippen LogP contribution in [0.3, 0.4) is 0 Å². The monoisotopic (exact) mass is 331 g/mol. The van der Waals surface area contributed by atoms with Crippen molar-refractivity contribution in [3.05, 3.63) is 64.7 Å². The highest BCUT2D eigenvalue weighted by atomic mass is 35.5. The van der Waals surface area contributed by atoms with Crippen LogP contribution in [0.2, 0.25) is 5.02 Å². The number of aromatic carboxylic acids is 1. The molecule has 5 heteroatoms. The van der Waals surface area contributed by atoms with E-state index in [2.05, 4.69) is 6.92 Å². The standard InChI is InChI=1S/C18H18ClNO3/c1-2-3-12-20(16-10-6-14(7-11-16)18(22)23)17(21)13-4-8-15(19)9-5-13/h4-11H,2-3,12H2,1H3,(H,22,23). The van der Waals surface area contributed by atoms with Crippen LogP contribution in [0.5, 0.6) is 0 Å². The predicted octanol–water partition coefficient (Wildman–Crippen LogP) is 4.49. The number of carboxylic acid groups (broad SMARTS) is 1. The van der Waals surface area contributed by atoms with Gasteiger partial charge in [-0.25, -0.2) is 4.79 Å². The maximum absolute atomic E-state index is 12.7. The fourth-order valence-corrected chi connectivity index (χ4v) is 2.32. The van der Waals surface area contributed by atoms with Crippen LogP contribution < -0.4 is 4.90 Å². The molecule has 0 aliphatic rings. The SMILES string of the molecule is CCCCN(C(=O)c1ccc(Cl)cc1)c1ccc(C(=O)O)cc1. The van der Waals surface area contributed by atoms with Crippen molar-refractivity contribution in [2.24, 2.45) is 0 Å². The van der Waals surface area contributed by atoms with Crippen molar-refractivity contribution in [3.8, 4) is 0 Å². The van der Waals surface area contributed by atoms with Gasteiger partial charge in [0.05, 0.1) is 5.56 Å². The first kappa shape index (κ1) is 17.0. The van der Waals surface area contributed by atoms with E-state index >= 15 is 0 Å². The Morgan fingerprint density at radius 3 is 2.09 bits per heavy atom. The number of carboxylic acids is 1. The molecule has 2 aromatic rings. The zero-order valence-corrected chi connectivity index (χ0v) is 13.6. The second kappa shape index (κ2) is 7.79. The van der Waals surface area contributed by atoms with E-state index in [4.69, 9.17) is 16.7 Å². The van der Waals surface area contributed by atoms with E-state index in [1.54, 1.807) is 41.3 Å². The number of nitrogens with zero attached hydrogens (tertiary/aromatic N) is 1. The van der Waals surface area contributed by atoms with Crippen LogP contribution in [0, 0.1) is 0 Å². The lowest BCUT2D eigenvalue weighted by atomic mass is 10.1. The first-order chi connectivity index (χ1) is 11.0. The third-order valence-corrected chi connectivity index (χ3v) is 3.75. The third-order valence-electron chi connectivity index (χ3n) is 3.50. The van der Waals surface area contributed by atoms with E-state index in [1.807, 2.05) is 0 Å². The molecule has 120 valence electrons. The number of rotatable bonds is 6. The minimum absolute atomic E-state index is 0.127. The molecule has 1 amide bonds. The predicted molar refractivity (Wildman–Crippen MR) is 91.4 cm³/mol. The maximum Gasteiger partial charge on any atom is 0.335 e. The van der Waals surface area contributed by atoms with Gasteiger partial charge in [0.2, 0.25) is 0 Å². The molecule has 0 spiro atoms. The largest absolute Gasteiger partial charge is 0.478 e. The highest BCUT2D eigenvalue weighted by Crippen LogP contribution is 2.20. The van der Waals surface area contributed by atoms with Gasteiger partial charge in [-0.15, -0.1) is 0 Å². The van der Waals surface area contributed by atoms with Crippen LogP contribution in [0.1, 0.15) is 40.5 Å². The molecule has 0 unspecified atom stereocenters. The lowest BCUT2D eigenvalue weighted by Crippen LogP contribution is -2.31. The zero-order chi connectivity index (χ0) is 16.8. The minimum Gasteiger partial charge on any atom is -0.478 e. The van der Waals surface area contributed by atoms with Gasteiger partial charge in [-0.1, -0.05) is 24.9 Å². The van der Waals surface area contributed by atoms with Gasteiger partial charge in [0, 0.05) is 22.8 Å². The van der Waals surface area contributed by atoms with Crippen LogP contribution in [-0.4, -0.2) is 23.5 Å². The molecule has 0 saturated carbocycles. The molecular formula is C18H18ClNO3. The Kier molecular flexibility index (Phi) is 5.77. The van der Waals surface area contributed by atoms with Gasteiger partial charge in [0.25, 0.3) is 5.91 Å². The molecule has 1 N–H and O–H groups in total. The van der Waals surface area contributed by atoms with E-state index in [9.17, 15) is 9.59 Å². The topological polar surface area (TPSA) is 57.6 Å². The molecule has 0 aliphatic carbocycles. The number of benzene rings is 2. The summed E-state index contributed by atoms with van der Waals surface area (Å²) in [7, 11) is 0. The fourth-order valence-electron chi connectivity index (χ4n) is 2.20. The lowest BCUT2D eigenvalue weighted by Gasteiger charge is -2.23. The summed E-state index contributed by atoms with van der Waals surface area (Å²) in [5.41, 5.74) is 1.43. The minimum atomic E-state index is -0.985. The van der Waals surface area contributed by atoms with Crippen molar-refractivity contribution in [2.45, 2.75) is 19.8 Å². The molecule has 23 heavy (non-hydrogen) atoms. The maximum atomic E-state index is 12.7. The molecule has 0 aromatic heterocycles. The summed E-state index contributed by atoms with van der Waals surface area (Å²) in [5.74, 6) is -1.11. The summed E-state index contributed by atoms with van der Waals surface area (Å²) in [6.45, 7) is 2.63.